The molecule has 5 nitrogen and oxygen atoms in total. The molecular weight excluding hydrogens is 467 g/mol. The summed E-state index contributed by atoms with van der Waals surface area (Å²) in [5.41, 5.74) is 0.164. The number of likely N-dealkylation sites (tertiary alicyclic amines) is 1. The Bertz CT molecular complexity index is 667. The number of rotatable bonds is 3. The van der Waals surface area contributed by atoms with Crippen molar-refractivity contribution in [3.63, 3.8) is 0 Å². The number of carbonyl (C=O) groups is 2. The Morgan fingerprint density at radius 3 is 2.50 bits per heavy atom. The van der Waals surface area contributed by atoms with Gasteiger partial charge < -0.3 is 14.5 Å². The van der Waals surface area contributed by atoms with E-state index in [0.29, 0.717) is 36.1 Å². The van der Waals surface area contributed by atoms with Crippen LogP contribution in [0.3, 0.4) is 0 Å². The summed E-state index contributed by atoms with van der Waals surface area (Å²) >= 11 is 8.19. The topological polar surface area (TPSA) is 49.9 Å². The summed E-state index contributed by atoms with van der Waals surface area (Å²) in [6.07, 6.45) is 1.44. The Hall–Kier alpha value is -1.02. The summed E-state index contributed by atoms with van der Waals surface area (Å²) in [6, 6.07) is 5.38. The van der Waals surface area contributed by atoms with Crippen molar-refractivity contribution in [1.82, 2.24) is 9.80 Å². The molecule has 0 unspecified atom stereocenters. The van der Waals surface area contributed by atoms with Gasteiger partial charge in [0.2, 0.25) is 0 Å². The van der Waals surface area contributed by atoms with Gasteiger partial charge in [0.1, 0.15) is 5.60 Å². The Kier molecular flexibility index (Phi) is 7.19. The third kappa shape index (κ3) is 6.01. The van der Waals surface area contributed by atoms with Crippen LogP contribution in [0.15, 0.2) is 18.2 Å². The average molecular weight is 493 g/mol. The molecule has 1 aromatic carbocycles. The maximum absolute atomic E-state index is 12.7. The fourth-order valence-electron chi connectivity index (χ4n) is 2.95. The van der Waals surface area contributed by atoms with Crippen LogP contribution in [0.5, 0.6) is 0 Å². The second-order valence-corrected chi connectivity index (χ2v) is 9.32. The highest BCUT2D eigenvalue weighted by molar-refractivity contribution is 14.1. The first-order chi connectivity index (χ1) is 12.1. The van der Waals surface area contributed by atoms with Crippen molar-refractivity contribution in [3.8, 4) is 0 Å². The zero-order valence-electron chi connectivity index (χ0n) is 15.7. The van der Waals surface area contributed by atoms with Gasteiger partial charge in [0.25, 0.3) is 5.91 Å². The first-order valence-corrected chi connectivity index (χ1v) is 10.2. The van der Waals surface area contributed by atoms with Crippen LogP contribution < -0.4 is 0 Å². The van der Waals surface area contributed by atoms with Crippen molar-refractivity contribution < 1.29 is 14.3 Å². The number of hydrogen-bond donors (Lipinski definition) is 0. The first kappa shape index (κ1) is 21.3. The van der Waals surface area contributed by atoms with E-state index in [2.05, 4.69) is 22.6 Å². The van der Waals surface area contributed by atoms with Crippen LogP contribution in [0.2, 0.25) is 5.02 Å². The third-order valence-electron chi connectivity index (χ3n) is 4.30. The van der Waals surface area contributed by atoms with Gasteiger partial charge in [-0.05, 0) is 80.3 Å². The van der Waals surface area contributed by atoms with E-state index in [9.17, 15) is 9.59 Å². The lowest BCUT2D eigenvalue weighted by molar-refractivity contribution is 0.0246. The molecule has 0 atom stereocenters. The third-order valence-corrected chi connectivity index (χ3v) is 5.47. The minimum Gasteiger partial charge on any atom is -0.444 e. The number of carbonyl (C=O) groups excluding carboxylic acids is 2. The Labute approximate surface area is 174 Å². The number of benzene rings is 1. The zero-order valence-corrected chi connectivity index (χ0v) is 18.6. The number of hydrogen-bond acceptors (Lipinski definition) is 3. The summed E-state index contributed by atoms with van der Waals surface area (Å²) in [6.45, 7) is 7.61. The van der Waals surface area contributed by atoms with Crippen molar-refractivity contribution >= 4 is 46.2 Å². The molecule has 0 radical (unpaired) electrons. The van der Waals surface area contributed by atoms with Gasteiger partial charge in [0.15, 0.2) is 0 Å². The summed E-state index contributed by atoms with van der Waals surface area (Å²) in [7, 11) is 1.76. The summed E-state index contributed by atoms with van der Waals surface area (Å²) in [5.74, 6) is 0.394. The predicted octanol–water partition coefficient (Wildman–Crippen LogP) is 4.66. The fourth-order valence-corrected chi connectivity index (χ4v) is 3.69. The molecule has 2 amide bonds. The molecule has 0 spiro atoms. The maximum atomic E-state index is 12.7. The summed E-state index contributed by atoms with van der Waals surface area (Å²) in [4.78, 5) is 28.3. The number of ether oxygens (including phenoxy) is 1. The molecule has 2 rings (SSSR count). The molecule has 144 valence electrons. The van der Waals surface area contributed by atoms with E-state index in [1.807, 2.05) is 31.7 Å². The van der Waals surface area contributed by atoms with Crippen LogP contribution in [-0.2, 0) is 4.74 Å². The van der Waals surface area contributed by atoms with Crippen molar-refractivity contribution in [2.24, 2.45) is 5.92 Å². The van der Waals surface area contributed by atoms with E-state index in [1.165, 1.54) is 0 Å². The molecule has 7 heteroatoms. The zero-order chi connectivity index (χ0) is 19.5. The Morgan fingerprint density at radius 1 is 1.31 bits per heavy atom. The minimum absolute atomic E-state index is 0.0239. The molecule has 1 saturated heterocycles. The second-order valence-electron chi connectivity index (χ2n) is 7.72. The van der Waals surface area contributed by atoms with E-state index in [-0.39, 0.29) is 12.0 Å². The smallest absolute Gasteiger partial charge is 0.410 e. The lowest BCUT2D eigenvalue weighted by atomic mass is 9.96. The van der Waals surface area contributed by atoms with Gasteiger partial charge in [-0.2, -0.15) is 0 Å². The van der Waals surface area contributed by atoms with E-state index in [0.717, 1.165) is 16.4 Å². The van der Waals surface area contributed by atoms with Crippen molar-refractivity contribution in [3.05, 3.63) is 32.4 Å². The lowest BCUT2D eigenvalue weighted by Gasteiger charge is -2.34. The molecule has 1 aliphatic heterocycles. The minimum atomic E-state index is -0.491. The number of amides is 2. The van der Waals surface area contributed by atoms with Gasteiger partial charge in [-0.1, -0.05) is 11.6 Å². The first-order valence-electron chi connectivity index (χ1n) is 8.75. The summed E-state index contributed by atoms with van der Waals surface area (Å²) < 4.78 is 6.30. The van der Waals surface area contributed by atoms with E-state index >= 15 is 0 Å². The monoisotopic (exact) mass is 492 g/mol. The average Bonchev–Trinajstić information content (AvgIpc) is 2.55. The molecule has 0 aromatic heterocycles. The van der Waals surface area contributed by atoms with Crippen LogP contribution in [0.4, 0.5) is 4.79 Å². The number of piperidine rings is 1. The van der Waals surface area contributed by atoms with E-state index < -0.39 is 5.60 Å². The Balaban J connectivity index is 1.88. The quantitative estimate of drug-likeness (QED) is 0.577. The van der Waals surface area contributed by atoms with Gasteiger partial charge in [-0.3, -0.25) is 4.79 Å². The number of halogens is 2. The van der Waals surface area contributed by atoms with Gasteiger partial charge >= 0.3 is 6.09 Å². The molecule has 0 saturated carbocycles. The number of nitrogens with zero attached hydrogens (tertiary/aromatic N) is 2. The van der Waals surface area contributed by atoms with Crippen LogP contribution in [-0.4, -0.2) is 54.1 Å². The molecule has 1 aliphatic rings. The highest BCUT2D eigenvalue weighted by Gasteiger charge is 2.27. The van der Waals surface area contributed by atoms with Crippen molar-refractivity contribution in [2.45, 2.75) is 39.2 Å². The van der Waals surface area contributed by atoms with Crippen LogP contribution in [0, 0.1) is 9.49 Å². The lowest BCUT2D eigenvalue weighted by Crippen LogP contribution is -2.43. The normalized spacial score (nSPS) is 15.7. The van der Waals surface area contributed by atoms with Gasteiger partial charge in [-0.25, -0.2) is 4.79 Å². The largest absolute Gasteiger partial charge is 0.444 e. The molecule has 1 heterocycles. The molecule has 0 bridgehead atoms. The highest BCUT2D eigenvalue weighted by Crippen LogP contribution is 2.24. The maximum Gasteiger partial charge on any atom is 0.410 e. The second kappa shape index (κ2) is 8.78. The van der Waals surface area contributed by atoms with Gasteiger partial charge in [0.05, 0.1) is 5.56 Å². The van der Waals surface area contributed by atoms with Crippen LogP contribution >= 0.6 is 34.2 Å². The summed E-state index contributed by atoms with van der Waals surface area (Å²) in [5, 5.41) is 0.572. The van der Waals surface area contributed by atoms with Crippen LogP contribution in [0.25, 0.3) is 0 Å². The predicted molar refractivity (Wildman–Crippen MR) is 112 cm³/mol. The molecule has 1 fully saturated rings. The highest BCUT2D eigenvalue weighted by atomic mass is 127. The molecular formula is C19H26ClIN2O3. The van der Waals surface area contributed by atoms with Crippen molar-refractivity contribution in [2.75, 3.05) is 26.7 Å². The van der Waals surface area contributed by atoms with Gasteiger partial charge in [0, 0.05) is 35.3 Å². The molecule has 1 aromatic rings. The standard InChI is InChI=1S/C19H26ClIN2O3/c1-19(2,3)26-18(25)22(4)12-13-7-9-23(10-8-13)17(24)15-11-14(20)5-6-16(15)21/h5-6,11,13H,7-10,12H2,1-4H3. The van der Waals surface area contributed by atoms with E-state index in [4.69, 9.17) is 16.3 Å². The van der Waals surface area contributed by atoms with Crippen LogP contribution in [0.1, 0.15) is 44.0 Å². The van der Waals surface area contributed by atoms with Gasteiger partial charge in [-0.15, -0.1) is 0 Å². The Morgan fingerprint density at radius 2 is 1.92 bits per heavy atom. The van der Waals surface area contributed by atoms with E-state index in [1.54, 1.807) is 24.1 Å². The SMILES string of the molecule is CN(CC1CCN(C(=O)c2cc(Cl)ccc2I)CC1)C(=O)OC(C)(C)C. The van der Waals surface area contributed by atoms with Crippen molar-refractivity contribution in [1.29, 1.82) is 0 Å². The molecule has 0 aliphatic carbocycles. The molecule has 0 N–H and O–H groups in total. The molecule has 26 heavy (non-hydrogen) atoms. The fraction of sp³-hybridized carbons (Fsp3) is 0.579.